The van der Waals surface area contributed by atoms with Crippen LogP contribution in [0.15, 0.2) is 57.2 Å². The van der Waals surface area contributed by atoms with Gasteiger partial charge in [0.2, 0.25) is 11.0 Å². The summed E-state index contributed by atoms with van der Waals surface area (Å²) in [6, 6.07) is 12.9. The molecule has 0 amide bonds. The van der Waals surface area contributed by atoms with Crippen molar-refractivity contribution < 1.29 is 18.3 Å². The summed E-state index contributed by atoms with van der Waals surface area (Å²) in [4.78, 5) is 0. The van der Waals surface area contributed by atoms with Crippen LogP contribution >= 0.6 is 27.7 Å². The number of halogens is 3. The molecule has 0 aliphatic carbocycles. The lowest BCUT2D eigenvalue weighted by molar-refractivity contribution is 0.135. The van der Waals surface area contributed by atoms with E-state index in [0.29, 0.717) is 17.1 Å². The zero-order chi connectivity index (χ0) is 20.8. The van der Waals surface area contributed by atoms with Crippen LogP contribution in [-0.2, 0) is 6.61 Å². The average molecular weight is 483 g/mol. The first-order valence-electron chi connectivity index (χ1n) is 8.39. The minimum absolute atomic E-state index is 0.270. The molecule has 3 aromatic rings. The smallest absolute Gasteiger partial charge is 0.299 e. The monoisotopic (exact) mass is 482 g/mol. The molecule has 0 bridgehead atoms. The van der Waals surface area contributed by atoms with Crippen LogP contribution in [0.2, 0.25) is 0 Å². The van der Waals surface area contributed by atoms with Crippen molar-refractivity contribution in [2.75, 3.05) is 13.4 Å². The van der Waals surface area contributed by atoms with Gasteiger partial charge in [0.25, 0.3) is 6.43 Å². The highest BCUT2D eigenvalue weighted by atomic mass is 79.9. The molecular formula is C19H17BrF2N4O2S. The molecule has 0 unspecified atom stereocenters. The molecule has 0 radical (unpaired) electrons. The summed E-state index contributed by atoms with van der Waals surface area (Å²) in [6.07, 6.45) is 0.415. The molecule has 0 aliphatic rings. The number of nitrogens with zero attached hydrogens (tertiary/aromatic N) is 4. The zero-order valence-corrected chi connectivity index (χ0v) is 18.0. The molecule has 1 heterocycles. The van der Waals surface area contributed by atoms with Crippen LogP contribution in [-0.4, -0.2) is 34.5 Å². The Kier molecular flexibility index (Phi) is 7.21. The molecule has 0 saturated carbocycles. The normalized spacial score (nSPS) is 11.4. The third-order valence-electron chi connectivity index (χ3n) is 3.83. The molecule has 0 saturated heterocycles. The van der Waals surface area contributed by atoms with Crippen molar-refractivity contribution >= 4 is 33.9 Å². The van der Waals surface area contributed by atoms with Gasteiger partial charge >= 0.3 is 0 Å². The third-order valence-corrected chi connectivity index (χ3v) is 4.94. The van der Waals surface area contributed by atoms with Crippen molar-refractivity contribution in [3.8, 4) is 11.5 Å². The second kappa shape index (κ2) is 9.84. The number of benzene rings is 2. The third kappa shape index (κ3) is 5.33. The van der Waals surface area contributed by atoms with Gasteiger partial charge in [0.05, 0.1) is 13.3 Å². The van der Waals surface area contributed by atoms with Crippen LogP contribution in [0.1, 0.15) is 23.4 Å². The number of alkyl halides is 2. The van der Waals surface area contributed by atoms with Crippen LogP contribution in [0, 0.1) is 0 Å². The van der Waals surface area contributed by atoms with E-state index in [4.69, 9.17) is 9.47 Å². The fourth-order valence-corrected chi connectivity index (χ4v) is 3.30. The van der Waals surface area contributed by atoms with Crippen LogP contribution in [0.5, 0.6) is 11.5 Å². The lowest BCUT2D eigenvalue weighted by Gasteiger charge is -2.11. The van der Waals surface area contributed by atoms with Gasteiger partial charge in [-0.05, 0) is 48.2 Å². The van der Waals surface area contributed by atoms with Gasteiger partial charge in [-0.15, -0.1) is 10.2 Å². The highest BCUT2D eigenvalue weighted by molar-refractivity contribution is 9.10. The number of methoxy groups -OCH3 is 1. The number of ether oxygens (including phenoxy) is 2. The Morgan fingerprint density at radius 1 is 1.24 bits per heavy atom. The van der Waals surface area contributed by atoms with Crippen LogP contribution in [0.3, 0.4) is 0 Å². The van der Waals surface area contributed by atoms with E-state index in [1.807, 2.05) is 30.3 Å². The van der Waals surface area contributed by atoms with Gasteiger partial charge in [0.15, 0.2) is 0 Å². The second-order valence-electron chi connectivity index (χ2n) is 5.72. The first-order valence-corrected chi connectivity index (χ1v) is 10.4. The zero-order valence-electron chi connectivity index (χ0n) is 15.6. The Labute approximate surface area is 179 Å². The average Bonchev–Trinajstić information content (AvgIpc) is 3.14. The fourth-order valence-electron chi connectivity index (χ4n) is 2.48. The summed E-state index contributed by atoms with van der Waals surface area (Å²) in [7, 11) is 1.57. The Morgan fingerprint density at radius 3 is 2.76 bits per heavy atom. The number of aromatic nitrogens is 3. The number of hydrogen-bond donors (Lipinski definition) is 0. The molecule has 0 atom stereocenters. The maximum absolute atomic E-state index is 13.1. The first kappa shape index (κ1) is 21.3. The molecule has 0 spiro atoms. The van der Waals surface area contributed by atoms with Crippen molar-refractivity contribution in [2.45, 2.75) is 18.2 Å². The Balaban J connectivity index is 1.83. The quantitative estimate of drug-likeness (QED) is 0.327. The predicted octanol–water partition coefficient (Wildman–Crippen LogP) is 5.17. The van der Waals surface area contributed by atoms with Crippen LogP contribution in [0.25, 0.3) is 0 Å². The summed E-state index contributed by atoms with van der Waals surface area (Å²) < 4.78 is 39.4. The molecule has 10 heteroatoms. The molecule has 1 aromatic heterocycles. The maximum Gasteiger partial charge on any atom is 0.299 e. The molecule has 6 nitrogen and oxygen atoms in total. The number of rotatable bonds is 8. The molecule has 29 heavy (non-hydrogen) atoms. The van der Waals surface area contributed by atoms with E-state index in [1.165, 1.54) is 18.0 Å². The Bertz CT molecular complexity index is 1010. The van der Waals surface area contributed by atoms with Gasteiger partial charge in [-0.25, -0.2) is 8.78 Å². The first-order chi connectivity index (χ1) is 14.0. The molecule has 3 rings (SSSR count). The number of thioether (sulfide) groups is 1. The summed E-state index contributed by atoms with van der Waals surface area (Å²) >= 11 is 4.59. The highest BCUT2D eigenvalue weighted by Gasteiger charge is 2.19. The summed E-state index contributed by atoms with van der Waals surface area (Å²) in [5, 5.41) is 11.6. The standard InChI is InChI=1S/C19H17BrF2N4O2S/c1-27-16-7-6-12(8-13(16)11-28-15-5-3-4-14(20)9-15)10-23-26-18(17(21)22)24-25-19(26)29-2/h3-10,17H,11H2,1-2H3. The molecular weight excluding hydrogens is 466 g/mol. The Morgan fingerprint density at radius 2 is 2.07 bits per heavy atom. The molecule has 2 aromatic carbocycles. The predicted molar refractivity (Wildman–Crippen MR) is 111 cm³/mol. The molecule has 0 fully saturated rings. The lowest BCUT2D eigenvalue weighted by atomic mass is 10.1. The number of hydrogen-bond acceptors (Lipinski definition) is 6. The van der Waals surface area contributed by atoms with E-state index < -0.39 is 12.2 Å². The van der Waals surface area contributed by atoms with Crippen molar-refractivity contribution in [3.05, 3.63) is 63.9 Å². The fraction of sp³-hybridized carbons (Fsp3) is 0.211. The van der Waals surface area contributed by atoms with Crippen LogP contribution in [0.4, 0.5) is 8.78 Å². The second-order valence-corrected chi connectivity index (χ2v) is 7.41. The van der Waals surface area contributed by atoms with Crippen molar-refractivity contribution in [3.63, 3.8) is 0 Å². The summed E-state index contributed by atoms with van der Waals surface area (Å²) in [5.41, 5.74) is 1.49. The van der Waals surface area contributed by atoms with Crippen LogP contribution < -0.4 is 9.47 Å². The molecule has 152 valence electrons. The van der Waals surface area contributed by atoms with E-state index in [9.17, 15) is 8.78 Å². The van der Waals surface area contributed by atoms with Gasteiger partial charge in [-0.3, -0.25) is 0 Å². The Hall–Kier alpha value is -2.46. The van der Waals surface area contributed by atoms with Crippen molar-refractivity contribution in [1.82, 2.24) is 14.9 Å². The van der Waals surface area contributed by atoms with Gasteiger partial charge in [0, 0.05) is 10.0 Å². The van der Waals surface area contributed by atoms with E-state index in [0.717, 1.165) is 14.7 Å². The molecule has 0 N–H and O–H groups in total. The van der Waals surface area contributed by atoms with Crippen molar-refractivity contribution in [2.24, 2.45) is 5.10 Å². The van der Waals surface area contributed by atoms with E-state index >= 15 is 0 Å². The van der Waals surface area contributed by atoms with Gasteiger partial charge < -0.3 is 9.47 Å². The van der Waals surface area contributed by atoms with E-state index in [1.54, 1.807) is 25.5 Å². The van der Waals surface area contributed by atoms with Gasteiger partial charge in [-0.1, -0.05) is 33.8 Å². The van der Waals surface area contributed by atoms with Gasteiger partial charge in [0.1, 0.15) is 18.1 Å². The van der Waals surface area contributed by atoms with Crippen molar-refractivity contribution in [1.29, 1.82) is 0 Å². The minimum atomic E-state index is -2.77. The minimum Gasteiger partial charge on any atom is -0.496 e. The van der Waals surface area contributed by atoms with Gasteiger partial charge in [-0.2, -0.15) is 9.78 Å². The topological polar surface area (TPSA) is 61.5 Å². The van der Waals surface area contributed by atoms with E-state index in [2.05, 4.69) is 31.2 Å². The lowest BCUT2D eigenvalue weighted by Crippen LogP contribution is -2.02. The molecule has 0 aliphatic heterocycles. The largest absolute Gasteiger partial charge is 0.496 e. The summed E-state index contributed by atoms with van der Waals surface area (Å²) in [6.45, 7) is 0.270. The highest BCUT2D eigenvalue weighted by Crippen LogP contribution is 2.24. The maximum atomic E-state index is 13.1. The SMILES string of the molecule is COc1ccc(C=Nn2c(SC)nnc2C(F)F)cc1COc1cccc(Br)c1. The van der Waals surface area contributed by atoms with E-state index in [-0.39, 0.29) is 11.8 Å². The summed E-state index contributed by atoms with van der Waals surface area (Å²) in [5.74, 6) is 0.855.